The van der Waals surface area contributed by atoms with Crippen LogP contribution in [0, 0.1) is 0 Å². The van der Waals surface area contributed by atoms with Crippen molar-refractivity contribution in [2.75, 3.05) is 18.6 Å². The molecule has 6 heteroatoms. The van der Waals surface area contributed by atoms with Gasteiger partial charge < -0.3 is 14.1 Å². The molecule has 0 aliphatic carbocycles. The monoisotopic (exact) mass is 300 g/mol. The lowest BCUT2D eigenvalue weighted by Crippen LogP contribution is -2.27. The third-order valence-electron chi connectivity index (χ3n) is 3.72. The van der Waals surface area contributed by atoms with Gasteiger partial charge in [-0.2, -0.15) is 0 Å². The van der Waals surface area contributed by atoms with E-state index in [9.17, 15) is 9.59 Å². The summed E-state index contributed by atoms with van der Waals surface area (Å²) in [5.41, 5.74) is 2.94. The summed E-state index contributed by atoms with van der Waals surface area (Å²) in [5.74, 6) is -0.0463. The molecule has 2 heterocycles. The number of hydrogen-bond donors (Lipinski definition) is 0. The van der Waals surface area contributed by atoms with Gasteiger partial charge in [-0.15, -0.1) is 0 Å². The zero-order chi connectivity index (χ0) is 15.7. The maximum absolute atomic E-state index is 11.9. The Balaban J connectivity index is 1.90. The Morgan fingerprint density at radius 1 is 1.41 bits per heavy atom. The highest BCUT2D eigenvalue weighted by molar-refractivity contribution is 5.95. The van der Waals surface area contributed by atoms with Crippen LogP contribution in [0.2, 0.25) is 0 Å². The largest absolute Gasteiger partial charge is 0.464 e. The topological polar surface area (TPSA) is 72.6 Å². The zero-order valence-electron chi connectivity index (χ0n) is 12.5. The van der Waals surface area contributed by atoms with Crippen LogP contribution in [-0.2, 0) is 16.0 Å². The van der Waals surface area contributed by atoms with Crippen LogP contribution in [0.25, 0.3) is 11.5 Å². The fourth-order valence-corrected chi connectivity index (χ4v) is 2.59. The number of methoxy groups -OCH3 is 1. The third kappa shape index (κ3) is 2.36. The van der Waals surface area contributed by atoms with Gasteiger partial charge in [0.1, 0.15) is 6.26 Å². The number of hydrogen-bond acceptors (Lipinski definition) is 5. The number of ether oxygens (including phenoxy) is 1. The molecule has 0 saturated heterocycles. The van der Waals surface area contributed by atoms with E-state index >= 15 is 0 Å². The van der Waals surface area contributed by atoms with E-state index in [1.54, 1.807) is 4.90 Å². The van der Waals surface area contributed by atoms with E-state index < -0.39 is 5.97 Å². The van der Waals surface area contributed by atoms with E-state index in [2.05, 4.69) is 9.72 Å². The molecule has 0 radical (unpaired) electrons. The van der Waals surface area contributed by atoms with E-state index in [1.807, 2.05) is 25.1 Å². The Morgan fingerprint density at radius 2 is 2.23 bits per heavy atom. The van der Waals surface area contributed by atoms with Gasteiger partial charge in [0, 0.05) is 24.2 Å². The number of aromatic nitrogens is 1. The number of rotatable bonds is 3. The van der Waals surface area contributed by atoms with Crippen molar-refractivity contribution < 1.29 is 18.7 Å². The van der Waals surface area contributed by atoms with Gasteiger partial charge in [0.15, 0.2) is 5.69 Å². The summed E-state index contributed by atoms with van der Waals surface area (Å²) in [4.78, 5) is 29.2. The highest BCUT2D eigenvalue weighted by Crippen LogP contribution is 2.32. The van der Waals surface area contributed by atoms with Gasteiger partial charge in [-0.25, -0.2) is 9.78 Å². The summed E-state index contributed by atoms with van der Waals surface area (Å²) in [6.45, 7) is 2.56. The second kappa shape index (κ2) is 5.63. The van der Waals surface area contributed by atoms with Crippen molar-refractivity contribution in [1.82, 2.24) is 4.98 Å². The molecule has 22 heavy (non-hydrogen) atoms. The minimum absolute atomic E-state index is 0.121. The van der Waals surface area contributed by atoms with Crippen molar-refractivity contribution >= 4 is 17.6 Å². The predicted octanol–water partition coefficient (Wildman–Crippen LogP) is 2.43. The second-order valence-corrected chi connectivity index (χ2v) is 5.02. The summed E-state index contributed by atoms with van der Waals surface area (Å²) in [5, 5.41) is 0. The number of fused-ring (bicyclic) bond motifs is 1. The average Bonchev–Trinajstić information content (AvgIpc) is 3.19. The first-order valence-corrected chi connectivity index (χ1v) is 7.11. The maximum Gasteiger partial charge on any atom is 0.360 e. The molecular weight excluding hydrogens is 284 g/mol. The molecule has 0 saturated carbocycles. The number of oxazole rings is 1. The SMILES string of the molecule is CCC(=O)N1CCc2cc(-c3nc(C(=O)OC)co3)ccc21. The van der Waals surface area contributed by atoms with Gasteiger partial charge in [-0.1, -0.05) is 6.92 Å². The Kier molecular flexibility index (Phi) is 3.66. The number of amides is 1. The maximum atomic E-state index is 11.9. The van der Waals surface area contributed by atoms with Gasteiger partial charge in [0.05, 0.1) is 7.11 Å². The molecule has 0 unspecified atom stereocenters. The van der Waals surface area contributed by atoms with Gasteiger partial charge in [-0.3, -0.25) is 4.79 Å². The van der Waals surface area contributed by atoms with Crippen LogP contribution in [0.1, 0.15) is 29.4 Å². The summed E-state index contributed by atoms with van der Waals surface area (Å²) in [6.07, 6.45) is 2.57. The van der Waals surface area contributed by atoms with E-state index in [4.69, 9.17) is 4.42 Å². The smallest absolute Gasteiger partial charge is 0.360 e. The lowest BCUT2D eigenvalue weighted by Gasteiger charge is -2.16. The molecule has 1 amide bonds. The zero-order valence-corrected chi connectivity index (χ0v) is 12.5. The van der Waals surface area contributed by atoms with Crippen molar-refractivity contribution in [3.63, 3.8) is 0 Å². The highest BCUT2D eigenvalue weighted by Gasteiger charge is 2.24. The molecule has 0 spiro atoms. The molecule has 2 aromatic rings. The molecular formula is C16H16N2O4. The highest BCUT2D eigenvalue weighted by atomic mass is 16.5. The lowest BCUT2D eigenvalue weighted by atomic mass is 10.1. The fraction of sp³-hybridized carbons (Fsp3) is 0.312. The molecule has 1 aromatic carbocycles. The molecule has 1 aliphatic rings. The van der Waals surface area contributed by atoms with Crippen LogP contribution < -0.4 is 4.90 Å². The van der Waals surface area contributed by atoms with Gasteiger partial charge >= 0.3 is 5.97 Å². The molecule has 0 fully saturated rings. The van der Waals surface area contributed by atoms with Crippen LogP contribution in [0.4, 0.5) is 5.69 Å². The van der Waals surface area contributed by atoms with Crippen molar-refractivity contribution in [3.05, 3.63) is 35.7 Å². The number of anilines is 1. The molecule has 6 nitrogen and oxygen atoms in total. The number of esters is 1. The van der Waals surface area contributed by atoms with Crippen LogP contribution >= 0.6 is 0 Å². The van der Waals surface area contributed by atoms with E-state index in [-0.39, 0.29) is 11.6 Å². The molecule has 1 aromatic heterocycles. The van der Waals surface area contributed by atoms with Gasteiger partial charge in [0.25, 0.3) is 0 Å². The van der Waals surface area contributed by atoms with Gasteiger partial charge in [-0.05, 0) is 30.2 Å². The fourth-order valence-electron chi connectivity index (χ4n) is 2.59. The van der Waals surface area contributed by atoms with Crippen LogP contribution in [-0.4, -0.2) is 30.5 Å². The van der Waals surface area contributed by atoms with E-state index in [1.165, 1.54) is 13.4 Å². The minimum Gasteiger partial charge on any atom is -0.464 e. The van der Waals surface area contributed by atoms with Crippen LogP contribution in [0.3, 0.4) is 0 Å². The Morgan fingerprint density at radius 3 is 2.95 bits per heavy atom. The minimum atomic E-state index is -0.532. The van der Waals surface area contributed by atoms with E-state index in [0.29, 0.717) is 18.9 Å². The molecule has 3 rings (SSSR count). The van der Waals surface area contributed by atoms with Crippen molar-refractivity contribution in [2.45, 2.75) is 19.8 Å². The van der Waals surface area contributed by atoms with Crippen molar-refractivity contribution in [2.24, 2.45) is 0 Å². The second-order valence-electron chi connectivity index (χ2n) is 5.02. The van der Waals surface area contributed by atoms with Crippen molar-refractivity contribution in [1.29, 1.82) is 0 Å². The number of carbonyl (C=O) groups excluding carboxylic acids is 2. The number of nitrogens with zero attached hydrogens (tertiary/aromatic N) is 2. The number of benzene rings is 1. The summed E-state index contributed by atoms with van der Waals surface area (Å²) >= 11 is 0. The molecule has 0 N–H and O–H groups in total. The first-order chi connectivity index (χ1) is 10.6. The molecule has 114 valence electrons. The first-order valence-electron chi connectivity index (χ1n) is 7.11. The lowest BCUT2D eigenvalue weighted by molar-refractivity contribution is -0.118. The summed E-state index contributed by atoms with van der Waals surface area (Å²) in [7, 11) is 1.30. The van der Waals surface area contributed by atoms with Crippen molar-refractivity contribution in [3.8, 4) is 11.5 Å². The number of carbonyl (C=O) groups is 2. The van der Waals surface area contributed by atoms with Gasteiger partial charge in [0.2, 0.25) is 11.8 Å². The third-order valence-corrected chi connectivity index (χ3v) is 3.72. The van der Waals surface area contributed by atoms with E-state index in [0.717, 1.165) is 23.2 Å². The normalized spacial score (nSPS) is 13.1. The quantitative estimate of drug-likeness (QED) is 0.814. The Labute approximate surface area is 127 Å². The predicted molar refractivity (Wildman–Crippen MR) is 79.6 cm³/mol. The molecule has 0 bridgehead atoms. The summed E-state index contributed by atoms with van der Waals surface area (Å²) < 4.78 is 9.94. The molecule has 0 atom stereocenters. The van der Waals surface area contributed by atoms with Crippen LogP contribution in [0.15, 0.2) is 28.9 Å². The molecule has 1 aliphatic heterocycles. The Hall–Kier alpha value is -2.63. The summed E-state index contributed by atoms with van der Waals surface area (Å²) in [6, 6.07) is 5.69. The average molecular weight is 300 g/mol. The first kappa shape index (κ1) is 14.3. The van der Waals surface area contributed by atoms with Crippen LogP contribution in [0.5, 0.6) is 0 Å². The standard InChI is InChI=1S/C16H16N2O4/c1-3-14(19)18-7-6-10-8-11(4-5-13(10)18)15-17-12(9-22-15)16(20)21-2/h4-5,8-9H,3,6-7H2,1-2H3. The Bertz CT molecular complexity index is 735.